The van der Waals surface area contributed by atoms with Gasteiger partial charge in [-0.3, -0.25) is 4.79 Å². The van der Waals surface area contributed by atoms with Gasteiger partial charge in [0.05, 0.1) is 5.25 Å². The molecule has 1 aliphatic rings. The molecule has 0 radical (unpaired) electrons. The molecule has 2 rings (SSSR count). The average Bonchev–Trinajstić information content (AvgIpc) is 2.42. The number of nitrogens with two attached hydrogens (primary N) is 1. The minimum Gasteiger partial charge on any atom is -0.398 e. The van der Waals surface area contributed by atoms with Gasteiger partial charge in [0.1, 0.15) is 0 Å². The quantitative estimate of drug-likeness (QED) is 0.650. The van der Waals surface area contributed by atoms with Crippen LogP contribution in [0.5, 0.6) is 0 Å². The molecule has 0 aromatic heterocycles. The predicted molar refractivity (Wildman–Crippen MR) is 83.3 cm³/mol. The van der Waals surface area contributed by atoms with E-state index in [9.17, 15) is 4.79 Å². The number of nitrogen functional groups attached to an aromatic ring is 1. The van der Waals surface area contributed by atoms with Gasteiger partial charge in [0.15, 0.2) is 0 Å². The number of hydrogen-bond acceptors (Lipinski definition) is 4. The number of carbonyl (C=O) groups is 1. The molecule has 0 spiro atoms. The van der Waals surface area contributed by atoms with Gasteiger partial charge in [-0.2, -0.15) is 0 Å². The molecule has 104 valence electrons. The summed E-state index contributed by atoms with van der Waals surface area (Å²) in [5, 5.41) is 3.14. The van der Waals surface area contributed by atoms with Crippen LogP contribution in [0.4, 0.5) is 5.69 Å². The van der Waals surface area contributed by atoms with Crippen LogP contribution in [0.3, 0.4) is 0 Å². The van der Waals surface area contributed by atoms with Crippen LogP contribution >= 0.6 is 27.7 Å². The maximum Gasteiger partial charge on any atom is 0.235 e. The minimum atomic E-state index is -0.110. The second-order valence-electron chi connectivity index (χ2n) is 4.52. The van der Waals surface area contributed by atoms with Crippen molar-refractivity contribution in [3.8, 4) is 0 Å². The first-order valence-corrected chi connectivity index (χ1v) is 7.96. The summed E-state index contributed by atoms with van der Waals surface area (Å²) in [4.78, 5) is 15.2. The summed E-state index contributed by atoms with van der Waals surface area (Å²) < 4.78 is 0.954. The van der Waals surface area contributed by atoms with Crippen LogP contribution in [-0.4, -0.2) is 42.2 Å². The van der Waals surface area contributed by atoms with E-state index in [1.807, 2.05) is 30.0 Å². The van der Waals surface area contributed by atoms with Crippen molar-refractivity contribution < 1.29 is 4.79 Å². The van der Waals surface area contributed by atoms with E-state index < -0.39 is 0 Å². The number of nitrogens with zero attached hydrogens (tertiary/aromatic N) is 1. The van der Waals surface area contributed by atoms with Crippen LogP contribution in [-0.2, 0) is 4.79 Å². The van der Waals surface area contributed by atoms with Crippen molar-refractivity contribution >= 4 is 39.3 Å². The Hall–Kier alpha value is -0.720. The third-order valence-electron chi connectivity index (χ3n) is 3.05. The lowest BCUT2D eigenvalue weighted by atomic mass is 10.3. The molecule has 1 aliphatic heterocycles. The Bertz CT molecular complexity index is 463. The number of hydrogen-bond donors (Lipinski definition) is 2. The topological polar surface area (TPSA) is 58.4 Å². The number of halogens is 1. The number of benzene rings is 1. The van der Waals surface area contributed by atoms with E-state index in [4.69, 9.17) is 5.73 Å². The summed E-state index contributed by atoms with van der Waals surface area (Å²) in [6.45, 7) is 5.28. The summed E-state index contributed by atoms with van der Waals surface area (Å²) in [7, 11) is 0. The lowest BCUT2D eigenvalue weighted by Crippen LogP contribution is -2.48. The number of rotatable bonds is 3. The zero-order valence-corrected chi connectivity index (χ0v) is 13.3. The van der Waals surface area contributed by atoms with E-state index >= 15 is 0 Å². The Balaban J connectivity index is 1.99. The smallest absolute Gasteiger partial charge is 0.235 e. The van der Waals surface area contributed by atoms with Gasteiger partial charge >= 0.3 is 0 Å². The Morgan fingerprint density at radius 1 is 1.47 bits per heavy atom. The molecule has 1 heterocycles. The molecule has 19 heavy (non-hydrogen) atoms. The average molecular weight is 344 g/mol. The SMILES string of the molecule is CC(Sc1ccc(Br)cc1N)C(=O)N1CCNCC1. The third kappa shape index (κ3) is 3.87. The number of nitrogens with one attached hydrogen (secondary N) is 1. The van der Waals surface area contributed by atoms with E-state index in [-0.39, 0.29) is 11.2 Å². The Morgan fingerprint density at radius 3 is 2.79 bits per heavy atom. The van der Waals surface area contributed by atoms with Gasteiger partial charge in [-0.1, -0.05) is 15.9 Å². The van der Waals surface area contributed by atoms with Gasteiger partial charge in [-0.25, -0.2) is 0 Å². The fourth-order valence-electron chi connectivity index (χ4n) is 2.01. The van der Waals surface area contributed by atoms with E-state index in [0.29, 0.717) is 5.69 Å². The molecule has 1 atom stereocenters. The van der Waals surface area contributed by atoms with Crippen LogP contribution in [0.1, 0.15) is 6.92 Å². The van der Waals surface area contributed by atoms with Gasteiger partial charge in [-0.15, -0.1) is 11.8 Å². The van der Waals surface area contributed by atoms with Gasteiger partial charge in [0.25, 0.3) is 0 Å². The summed E-state index contributed by atoms with van der Waals surface area (Å²) in [6, 6.07) is 5.76. The van der Waals surface area contributed by atoms with Crippen molar-refractivity contribution in [1.29, 1.82) is 0 Å². The van der Waals surface area contributed by atoms with Gasteiger partial charge in [-0.05, 0) is 25.1 Å². The van der Waals surface area contributed by atoms with Crippen LogP contribution in [0.2, 0.25) is 0 Å². The molecule has 1 saturated heterocycles. The van der Waals surface area contributed by atoms with Crippen LogP contribution in [0, 0.1) is 0 Å². The lowest BCUT2D eigenvalue weighted by molar-refractivity contribution is -0.130. The number of thioether (sulfide) groups is 1. The predicted octanol–water partition coefficient (Wildman–Crippen LogP) is 1.94. The third-order valence-corrected chi connectivity index (χ3v) is 4.73. The van der Waals surface area contributed by atoms with Gasteiger partial charge in [0.2, 0.25) is 5.91 Å². The van der Waals surface area contributed by atoms with Crippen LogP contribution in [0.15, 0.2) is 27.6 Å². The van der Waals surface area contributed by atoms with E-state index in [1.165, 1.54) is 11.8 Å². The fraction of sp³-hybridized carbons (Fsp3) is 0.462. The highest BCUT2D eigenvalue weighted by Crippen LogP contribution is 2.31. The summed E-state index contributed by atoms with van der Waals surface area (Å²) in [5.41, 5.74) is 6.67. The highest BCUT2D eigenvalue weighted by Gasteiger charge is 2.23. The van der Waals surface area contributed by atoms with Crippen molar-refractivity contribution in [1.82, 2.24) is 10.2 Å². The van der Waals surface area contributed by atoms with Crippen molar-refractivity contribution in [2.75, 3.05) is 31.9 Å². The van der Waals surface area contributed by atoms with Gasteiger partial charge in [0, 0.05) is 41.2 Å². The van der Waals surface area contributed by atoms with E-state index in [1.54, 1.807) is 0 Å². The molecule has 3 N–H and O–H groups in total. The molecule has 1 unspecified atom stereocenters. The molecular formula is C13H18BrN3OS. The number of carbonyl (C=O) groups excluding carboxylic acids is 1. The number of amides is 1. The van der Waals surface area contributed by atoms with Crippen molar-refractivity contribution in [2.24, 2.45) is 0 Å². The Labute approximate surface area is 126 Å². The minimum absolute atomic E-state index is 0.110. The summed E-state index contributed by atoms with van der Waals surface area (Å²) >= 11 is 4.91. The molecule has 0 aliphatic carbocycles. The maximum atomic E-state index is 12.3. The highest BCUT2D eigenvalue weighted by atomic mass is 79.9. The maximum absolute atomic E-state index is 12.3. The second kappa shape index (κ2) is 6.63. The fourth-order valence-corrected chi connectivity index (χ4v) is 3.36. The van der Waals surface area contributed by atoms with Crippen LogP contribution in [0.25, 0.3) is 0 Å². The first-order valence-electron chi connectivity index (χ1n) is 6.29. The lowest BCUT2D eigenvalue weighted by Gasteiger charge is -2.29. The zero-order chi connectivity index (χ0) is 13.8. The zero-order valence-electron chi connectivity index (χ0n) is 10.9. The number of anilines is 1. The molecule has 4 nitrogen and oxygen atoms in total. The molecule has 6 heteroatoms. The first-order chi connectivity index (χ1) is 9.08. The molecular weight excluding hydrogens is 326 g/mol. The molecule has 0 saturated carbocycles. The largest absolute Gasteiger partial charge is 0.398 e. The first kappa shape index (κ1) is 14.7. The molecule has 1 fully saturated rings. The Morgan fingerprint density at radius 2 is 2.16 bits per heavy atom. The molecule has 1 aromatic carbocycles. The van der Waals surface area contributed by atoms with Gasteiger partial charge < -0.3 is 16.0 Å². The van der Waals surface area contributed by atoms with Crippen molar-refractivity contribution in [3.63, 3.8) is 0 Å². The normalized spacial score (nSPS) is 17.3. The van der Waals surface area contributed by atoms with Crippen LogP contribution < -0.4 is 11.1 Å². The molecule has 1 aromatic rings. The van der Waals surface area contributed by atoms with Crippen molar-refractivity contribution in [3.05, 3.63) is 22.7 Å². The van der Waals surface area contributed by atoms with E-state index in [0.717, 1.165) is 35.5 Å². The van der Waals surface area contributed by atoms with E-state index in [2.05, 4.69) is 21.2 Å². The number of piperazine rings is 1. The Kier molecular flexibility index (Phi) is 5.13. The summed E-state index contributed by atoms with van der Waals surface area (Å²) in [6.07, 6.45) is 0. The summed E-state index contributed by atoms with van der Waals surface area (Å²) in [5.74, 6) is 0.189. The molecule has 1 amide bonds. The second-order valence-corrected chi connectivity index (χ2v) is 6.82. The van der Waals surface area contributed by atoms with Crippen molar-refractivity contribution in [2.45, 2.75) is 17.1 Å². The highest BCUT2D eigenvalue weighted by molar-refractivity contribution is 9.10. The standard InChI is InChI=1S/C13H18BrN3OS/c1-9(13(18)17-6-4-16-5-7-17)19-12-3-2-10(14)8-11(12)15/h2-3,8-9,16H,4-7,15H2,1H3. The monoisotopic (exact) mass is 343 g/mol. The molecule has 0 bridgehead atoms.